The summed E-state index contributed by atoms with van der Waals surface area (Å²) in [5.74, 6) is -0.0830. The van der Waals surface area contributed by atoms with Crippen LogP contribution in [-0.4, -0.2) is 77.6 Å². The standard InChI is InChI=1S/C40H55N5O6Si/c1-26(2)10-9-11-27(3)18-22-45-35-17-12-30(41-38(48)29(5)47)24-34(35)40(39(45)49)28(4)37(52(7,8)33-15-13-32(50-6)14-16-33)36(51-40)19-21-44-25-31(20-23-46)42-43-44/h10,12-18,24-25,28-29,36-37,46-47H,9,11,19-23H2,1-8H3,(H,41,48)/b27-18+/t28-,29+,36+,37-,40+/m1/s1. The van der Waals surface area contributed by atoms with E-state index in [1.54, 1.807) is 17.9 Å². The quantitative estimate of drug-likeness (QED) is 0.138. The van der Waals surface area contributed by atoms with Crippen molar-refractivity contribution in [2.75, 3.05) is 30.5 Å². The van der Waals surface area contributed by atoms with Gasteiger partial charge in [-0.05, 0) is 82.8 Å². The maximum Gasteiger partial charge on any atom is 0.264 e. The molecule has 1 aromatic heterocycles. The molecule has 2 aliphatic heterocycles. The van der Waals surface area contributed by atoms with Crippen LogP contribution in [0.25, 0.3) is 0 Å². The molecule has 0 bridgehead atoms. The second-order valence-corrected chi connectivity index (χ2v) is 19.8. The number of aliphatic hydroxyl groups excluding tert-OH is 2. The van der Waals surface area contributed by atoms with E-state index < -0.39 is 25.7 Å². The molecule has 11 nitrogen and oxygen atoms in total. The van der Waals surface area contributed by atoms with Gasteiger partial charge >= 0.3 is 0 Å². The Morgan fingerprint density at radius 2 is 1.88 bits per heavy atom. The molecule has 52 heavy (non-hydrogen) atoms. The minimum absolute atomic E-state index is 0.00393. The van der Waals surface area contributed by atoms with E-state index >= 15 is 4.79 Å². The Labute approximate surface area is 308 Å². The first-order valence-corrected chi connectivity index (χ1v) is 21.4. The fourth-order valence-corrected chi connectivity index (χ4v) is 12.0. The van der Waals surface area contributed by atoms with Crippen LogP contribution in [0.1, 0.15) is 65.1 Å². The van der Waals surface area contributed by atoms with Crippen LogP contribution in [0.4, 0.5) is 11.4 Å². The van der Waals surface area contributed by atoms with Gasteiger partial charge < -0.3 is 29.9 Å². The Morgan fingerprint density at radius 1 is 1.15 bits per heavy atom. The van der Waals surface area contributed by atoms with Crippen LogP contribution < -0.4 is 20.1 Å². The Bertz CT molecular complexity index is 1800. The Hall–Kier alpha value is -4.10. The number of nitrogens with one attached hydrogen (secondary N) is 1. The number of hydrogen-bond donors (Lipinski definition) is 3. The number of carbonyl (C=O) groups excluding carboxylic acids is 2. The van der Waals surface area contributed by atoms with E-state index in [0.717, 1.165) is 35.5 Å². The molecule has 0 radical (unpaired) electrons. The third kappa shape index (κ3) is 7.95. The second kappa shape index (κ2) is 16.3. The van der Waals surface area contributed by atoms with Crippen molar-refractivity contribution in [2.24, 2.45) is 5.92 Å². The van der Waals surface area contributed by atoms with E-state index in [4.69, 9.17) is 9.47 Å². The predicted octanol–water partition coefficient (Wildman–Crippen LogP) is 5.49. The summed E-state index contributed by atoms with van der Waals surface area (Å²) in [5, 5.41) is 32.0. The summed E-state index contributed by atoms with van der Waals surface area (Å²) >= 11 is 0. The minimum Gasteiger partial charge on any atom is -0.497 e. The first-order valence-electron chi connectivity index (χ1n) is 18.3. The second-order valence-electron chi connectivity index (χ2n) is 15.1. The highest BCUT2D eigenvalue weighted by atomic mass is 28.3. The van der Waals surface area contributed by atoms with Crippen LogP contribution in [0.2, 0.25) is 18.6 Å². The van der Waals surface area contributed by atoms with Gasteiger partial charge in [-0.25, -0.2) is 0 Å². The van der Waals surface area contributed by atoms with Gasteiger partial charge in [-0.15, -0.1) is 5.10 Å². The lowest BCUT2D eigenvalue weighted by molar-refractivity contribution is -0.145. The highest BCUT2D eigenvalue weighted by molar-refractivity contribution is 6.91. The molecule has 2 aliphatic rings. The summed E-state index contributed by atoms with van der Waals surface area (Å²) in [5.41, 5.74) is 3.88. The average molecular weight is 730 g/mol. The molecular weight excluding hydrogens is 675 g/mol. The lowest BCUT2D eigenvalue weighted by Crippen LogP contribution is -2.52. The third-order valence-electron chi connectivity index (χ3n) is 10.8. The number of rotatable bonds is 15. The Balaban J connectivity index is 1.58. The van der Waals surface area contributed by atoms with Crippen LogP contribution >= 0.6 is 0 Å². The molecule has 280 valence electrons. The fourth-order valence-electron chi connectivity index (χ4n) is 7.96. The fraction of sp³-hybridized carbons (Fsp3) is 0.500. The predicted molar refractivity (Wildman–Crippen MR) is 207 cm³/mol. The van der Waals surface area contributed by atoms with Crippen molar-refractivity contribution in [1.82, 2.24) is 15.0 Å². The lowest BCUT2D eigenvalue weighted by Gasteiger charge is -2.37. The first kappa shape index (κ1) is 39.1. The summed E-state index contributed by atoms with van der Waals surface area (Å²) < 4.78 is 14.5. The van der Waals surface area contributed by atoms with Crippen LogP contribution in [0, 0.1) is 5.92 Å². The van der Waals surface area contributed by atoms with E-state index in [2.05, 4.69) is 80.7 Å². The number of allylic oxidation sites excluding steroid dienone is 3. The number of nitrogens with zero attached hydrogens (tertiary/aromatic N) is 4. The number of ether oxygens (including phenoxy) is 2. The van der Waals surface area contributed by atoms with Gasteiger partial charge in [-0.1, -0.05) is 65.8 Å². The number of amides is 2. The van der Waals surface area contributed by atoms with E-state index in [1.165, 1.54) is 23.3 Å². The molecule has 0 saturated carbocycles. The topological polar surface area (TPSA) is 139 Å². The number of aromatic nitrogens is 3. The smallest absolute Gasteiger partial charge is 0.264 e. The highest BCUT2D eigenvalue weighted by Gasteiger charge is 2.66. The van der Waals surface area contributed by atoms with Gasteiger partial charge in [0.05, 0.1) is 32.7 Å². The number of methoxy groups -OCH3 is 1. The van der Waals surface area contributed by atoms with Gasteiger partial charge in [-0.3, -0.25) is 14.3 Å². The SMILES string of the molecule is COc1ccc([Si](C)(C)[C@H]2[C@H](CCn3cc(CCO)nn3)O[C@@]3(C(=O)N(C/C=C(\C)CCC=C(C)C)c4ccc(NC(=O)[C@H](C)O)cc43)[C@@H]2C)cc1. The summed E-state index contributed by atoms with van der Waals surface area (Å²) in [7, 11) is -0.726. The number of anilines is 2. The molecule has 5 atom stereocenters. The summed E-state index contributed by atoms with van der Waals surface area (Å²) in [4.78, 5) is 29.6. The van der Waals surface area contributed by atoms with Crippen LogP contribution in [0.3, 0.4) is 0 Å². The summed E-state index contributed by atoms with van der Waals surface area (Å²) in [6.45, 7) is 15.5. The summed E-state index contributed by atoms with van der Waals surface area (Å²) in [6, 6.07) is 13.8. The van der Waals surface area contributed by atoms with Crippen molar-refractivity contribution in [3.63, 3.8) is 0 Å². The molecule has 1 spiro atoms. The van der Waals surface area contributed by atoms with Crippen molar-refractivity contribution in [3.05, 3.63) is 83.2 Å². The lowest BCUT2D eigenvalue weighted by atomic mass is 9.82. The van der Waals surface area contributed by atoms with Gasteiger partial charge in [-0.2, -0.15) is 0 Å². The minimum atomic E-state index is -2.39. The number of fused-ring (bicyclic) bond motifs is 2. The largest absolute Gasteiger partial charge is 0.497 e. The van der Waals surface area contributed by atoms with Gasteiger partial charge in [0, 0.05) is 49.5 Å². The number of benzene rings is 2. The van der Waals surface area contributed by atoms with Gasteiger partial charge in [0.25, 0.3) is 11.8 Å². The first-order chi connectivity index (χ1) is 24.7. The molecule has 2 aromatic carbocycles. The zero-order valence-electron chi connectivity index (χ0n) is 31.8. The van der Waals surface area contributed by atoms with E-state index in [0.29, 0.717) is 31.6 Å². The van der Waals surface area contributed by atoms with Gasteiger partial charge in [0.2, 0.25) is 0 Å². The molecule has 12 heteroatoms. The number of aliphatic hydroxyl groups is 2. The Kier molecular flexibility index (Phi) is 12.2. The summed E-state index contributed by atoms with van der Waals surface area (Å²) in [6.07, 6.45) is 7.56. The monoisotopic (exact) mass is 729 g/mol. The van der Waals surface area contributed by atoms with E-state index in [-0.39, 0.29) is 30.1 Å². The van der Waals surface area contributed by atoms with Crippen molar-refractivity contribution in [2.45, 2.75) is 103 Å². The van der Waals surface area contributed by atoms with Crippen LogP contribution in [0.5, 0.6) is 5.75 Å². The zero-order chi connectivity index (χ0) is 37.8. The van der Waals surface area contributed by atoms with Crippen LogP contribution in [-0.2, 0) is 32.9 Å². The molecule has 1 fully saturated rings. The molecular formula is C40H55N5O6Si. The van der Waals surface area contributed by atoms with Crippen molar-refractivity contribution in [3.8, 4) is 5.75 Å². The molecule has 2 amide bonds. The molecule has 3 heterocycles. The third-order valence-corrected chi connectivity index (χ3v) is 15.2. The maximum absolute atomic E-state index is 15.1. The normalized spacial score (nSPS) is 22.1. The van der Waals surface area contributed by atoms with Crippen molar-refractivity contribution in [1.29, 1.82) is 0 Å². The Morgan fingerprint density at radius 3 is 2.54 bits per heavy atom. The van der Waals surface area contributed by atoms with E-state index in [1.807, 2.05) is 35.4 Å². The molecule has 0 aliphatic carbocycles. The molecule has 5 rings (SSSR count). The number of hydrogen-bond acceptors (Lipinski definition) is 8. The van der Waals surface area contributed by atoms with E-state index in [9.17, 15) is 15.0 Å². The maximum atomic E-state index is 15.1. The van der Waals surface area contributed by atoms with Crippen molar-refractivity contribution >= 4 is 36.4 Å². The van der Waals surface area contributed by atoms with Gasteiger partial charge in [0.15, 0.2) is 5.60 Å². The molecule has 3 aromatic rings. The number of carbonyl (C=O) groups is 2. The van der Waals surface area contributed by atoms with Gasteiger partial charge in [0.1, 0.15) is 11.9 Å². The molecule has 3 N–H and O–H groups in total. The number of aryl methyl sites for hydroxylation is 1. The molecule has 1 saturated heterocycles. The average Bonchev–Trinajstić information content (AvgIpc) is 3.75. The zero-order valence-corrected chi connectivity index (χ0v) is 32.8. The van der Waals surface area contributed by atoms with Crippen LogP contribution in [0.15, 0.2) is 72.0 Å². The van der Waals surface area contributed by atoms with Crippen molar-refractivity contribution < 1.29 is 29.3 Å². The molecule has 0 unspecified atom stereocenters. The highest BCUT2D eigenvalue weighted by Crippen LogP contribution is 2.60.